The fraction of sp³-hybridized carbons (Fsp3) is 0.930. The first kappa shape index (κ1) is 79.6. The topological polar surface area (TPSA) is 228 Å². The second-order valence-electron chi connectivity index (χ2n) is 25.7. The summed E-state index contributed by atoms with van der Waals surface area (Å²) in [7, 11) is 0. The molecule has 502 valence electrons. The van der Waals surface area contributed by atoms with Crippen LogP contribution in [0.4, 0.5) is 0 Å². The lowest BCUT2D eigenvalue weighted by molar-refractivity contribution is -0.359. The van der Waals surface area contributed by atoms with Crippen molar-refractivity contribution in [3.8, 4) is 0 Å². The van der Waals surface area contributed by atoms with Crippen LogP contribution in [0.1, 0.15) is 328 Å². The smallest absolute Gasteiger partial charge is 0.220 e. The molecule has 0 aromatic heterocycles. The number of hydrogen-bond acceptors (Lipinski definition) is 13. The van der Waals surface area contributed by atoms with Crippen LogP contribution in [-0.4, -0.2) is 140 Å². The number of unbranched alkanes of at least 4 members (excludes halogenated alkanes) is 43. The second kappa shape index (κ2) is 56.5. The van der Waals surface area contributed by atoms with Crippen molar-refractivity contribution in [1.29, 1.82) is 0 Å². The van der Waals surface area contributed by atoms with E-state index in [0.717, 1.165) is 57.8 Å². The standard InChI is InChI=1S/C71H135NO13/c1-3-5-7-9-11-13-15-17-19-21-23-25-27-28-29-30-31-33-34-36-38-40-42-44-46-48-50-52-54-60(75)59(58-82-70-68(81)66(79)69(62(57-74)84-70)85-71-67(80)65(78)64(77)61(56-73)83-71)72-63(76)55-53-51-49-47-45-43-41-39-37-35-32-26-24-22-20-18-16-14-12-10-8-6-4-2/h16,18,22,24,59-62,64-71,73-75,77-81H,3-15,17,19-21,23,25-58H2,1-2H3,(H,72,76)/b18-16-,24-22-. The van der Waals surface area contributed by atoms with Crippen LogP contribution in [-0.2, 0) is 23.7 Å². The number of nitrogens with one attached hydrogen (secondary N) is 1. The molecule has 0 aliphatic carbocycles. The molecule has 2 aliphatic rings. The Balaban J connectivity index is 1.66. The number of amides is 1. The van der Waals surface area contributed by atoms with E-state index in [2.05, 4.69) is 43.5 Å². The van der Waals surface area contributed by atoms with E-state index in [-0.39, 0.29) is 12.5 Å². The molecular weight excluding hydrogens is 1070 g/mol. The van der Waals surface area contributed by atoms with Gasteiger partial charge in [-0.05, 0) is 44.9 Å². The van der Waals surface area contributed by atoms with Crippen LogP contribution in [0, 0.1) is 0 Å². The van der Waals surface area contributed by atoms with Crippen LogP contribution in [0.5, 0.6) is 0 Å². The highest BCUT2D eigenvalue weighted by molar-refractivity contribution is 5.76. The summed E-state index contributed by atoms with van der Waals surface area (Å²) in [5.74, 6) is -0.203. The molecule has 0 radical (unpaired) electrons. The van der Waals surface area contributed by atoms with Gasteiger partial charge in [-0.3, -0.25) is 4.79 Å². The second-order valence-corrected chi connectivity index (χ2v) is 25.7. The highest BCUT2D eigenvalue weighted by atomic mass is 16.7. The van der Waals surface area contributed by atoms with Gasteiger partial charge in [0.2, 0.25) is 5.91 Å². The minimum Gasteiger partial charge on any atom is -0.394 e. The summed E-state index contributed by atoms with van der Waals surface area (Å²) in [6.45, 7) is 2.90. The van der Waals surface area contributed by atoms with Crippen molar-refractivity contribution in [2.45, 2.75) is 402 Å². The molecule has 0 spiro atoms. The molecule has 2 fully saturated rings. The van der Waals surface area contributed by atoms with E-state index in [9.17, 15) is 45.6 Å². The Morgan fingerprint density at radius 3 is 1.18 bits per heavy atom. The molecule has 12 unspecified atom stereocenters. The zero-order valence-corrected chi connectivity index (χ0v) is 54.6. The molecule has 14 heteroatoms. The van der Waals surface area contributed by atoms with E-state index >= 15 is 0 Å². The third-order valence-corrected chi connectivity index (χ3v) is 17.9. The Labute approximate surface area is 519 Å². The van der Waals surface area contributed by atoms with E-state index in [0.29, 0.717) is 12.8 Å². The molecule has 0 bridgehead atoms. The Kier molecular flexibility index (Phi) is 52.8. The molecule has 12 atom stereocenters. The number of aliphatic hydroxyl groups excluding tert-OH is 8. The molecular formula is C71H135NO13. The molecule has 2 saturated heterocycles. The maximum Gasteiger partial charge on any atom is 0.220 e. The van der Waals surface area contributed by atoms with Gasteiger partial charge in [0.25, 0.3) is 0 Å². The number of allylic oxidation sites excluding steroid dienone is 4. The van der Waals surface area contributed by atoms with Gasteiger partial charge in [-0.25, -0.2) is 0 Å². The predicted octanol–water partition coefficient (Wildman–Crippen LogP) is 14.7. The third-order valence-electron chi connectivity index (χ3n) is 17.9. The summed E-state index contributed by atoms with van der Waals surface area (Å²) < 4.78 is 22.9. The molecule has 9 N–H and O–H groups in total. The van der Waals surface area contributed by atoms with Gasteiger partial charge in [-0.2, -0.15) is 0 Å². The normalized spacial score (nSPS) is 23.6. The van der Waals surface area contributed by atoms with Crippen LogP contribution in [0.25, 0.3) is 0 Å². The van der Waals surface area contributed by atoms with Crippen molar-refractivity contribution < 1.29 is 64.6 Å². The molecule has 0 aromatic carbocycles. The summed E-state index contributed by atoms with van der Waals surface area (Å²) in [5.41, 5.74) is 0. The van der Waals surface area contributed by atoms with Gasteiger partial charge < -0.3 is 65.1 Å². The summed E-state index contributed by atoms with van der Waals surface area (Å²) in [4.78, 5) is 13.4. The number of carbonyl (C=O) groups excluding carboxylic acids is 1. The van der Waals surface area contributed by atoms with Gasteiger partial charge in [0, 0.05) is 6.42 Å². The van der Waals surface area contributed by atoms with E-state index in [1.165, 1.54) is 244 Å². The van der Waals surface area contributed by atoms with Crippen LogP contribution in [0.2, 0.25) is 0 Å². The fourth-order valence-corrected chi connectivity index (χ4v) is 12.2. The van der Waals surface area contributed by atoms with Crippen LogP contribution in [0.15, 0.2) is 24.3 Å². The van der Waals surface area contributed by atoms with E-state index in [1.54, 1.807) is 0 Å². The average molecular weight is 1210 g/mol. The quantitative estimate of drug-likeness (QED) is 0.0204. The fourth-order valence-electron chi connectivity index (χ4n) is 12.2. The first-order valence-electron chi connectivity index (χ1n) is 36.1. The maximum absolute atomic E-state index is 13.4. The van der Waals surface area contributed by atoms with Crippen molar-refractivity contribution in [3.63, 3.8) is 0 Å². The van der Waals surface area contributed by atoms with Crippen molar-refractivity contribution in [2.24, 2.45) is 0 Å². The molecule has 1 amide bonds. The van der Waals surface area contributed by atoms with Crippen LogP contribution >= 0.6 is 0 Å². The van der Waals surface area contributed by atoms with Gasteiger partial charge in [-0.1, -0.05) is 301 Å². The first-order chi connectivity index (χ1) is 41.6. The summed E-state index contributed by atoms with van der Waals surface area (Å²) in [6, 6.07) is -0.830. The average Bonchev–Trinajstić information content (AvgIpc) is 3.68. The van der Waals surface area contributed by atoms with Crippen LogP contribution in [0.3, 0.4) is 0 Å². The van der Waals surface area contributed by atoms with E-state index < -0.39 is 86.8 Å². The number of aliphatic hydroxyl groups is 8. The third kappa shape index (κ3) is 40.8. The number of hydrogen-bond donors (Lipinski definition) is 9. The van der Waals surface area contributed by atoms with Crippen LogP contribution < -0.4 is 5.32 Å². The SMILES string of the molecule is CCCCCCC/C=C\C/C=C\CCCCCCCCCCCCCC(=O)NC(COC1OC(CO)C(OC2OC(CO)C(O)C(O)C2O)C(O)C1O)C(O)CCCCCCCCCCCCCCCCCCCCCCCCCCCCCC. The van der Waals surface area contributed by atoms with E-state index in [4.69, 9.17) is 18.9 Å². The molecule has 14 nitrogen and oxygen atoms in total. The molecule has 2 heterocycles. The number of rotatable bonds is 60. The Bertz CT molecular complexity index is 1520. The Morgan fingerprint density at radius 1 is 0.424 bits per heavy atom. The Morgan fingerprint density at radius 2 is 0.776 bits per heavy atom. The highest BCUT2D eigenvalue weighted by Crippen LogP contribution is 2.30. The lowest BCUT2D eigenvalue weighted by atomic mass is 9.97. The minimum absolute atomic E-state index is 0.203. The van der Waals surface area contributed by atoms with Crippen molar-refractivity contribution in [3.05, 3.63) is 24.3 Å². The minimum atomic E-state index is -1.78. The zero-order chi connectivity index (χ0) is 61.6. The summed E-state index contributed by atoms with van der Waals surface area (Å²) in [6.07, 6.45) is 53.3. The summed E-state index contributed by atoms with van der Waals surface area (Å²) >= 11 is 0. The molecule has 0 aromatic rings. The lowest BCUT2D eigenvalue weighted by Crippen LogP contribution is -2.65. The molecule has 0 saturated carbocycles. The number of carbonyl (C=O) groups is 1. The maximum atomic E-state index is 13.4. The number of ether oxygens (including phenoxy) is 4. The molecule has 2 rings (SSSR count). The van der Waals surface area contributed by atoms with Gasteiger partial charge in [0.05, 0.1) is 32.0 Å². The molecule has 2 aliphatic heterocycles. The van der Waals surface area contributed by atoms with Gasteiger partial charge >= 0.3 is 0 Å². The molecule has 85 heavy (non-hydrogen) atoms. The van der Waals surface area contributed by atoms with Gasteiger partial charge in [0.1, 0.15) is 48.8 Å². The highest BCUT2D eigenvalue weighted by Gasteiger charge is 2.51. The van der Waals surface area contributed by atoms with Crippen molar-refractivity contribution in [1.82, 2.24) is 5.32 Å². The predicted molar refractivity (Wildman–Crippen MR) is 346 cm³/mol. The van der Waals surface area contributed by atoms with Gasteiger partial charge in [0.15, 0.2) is 12.6 Å². The first-order valence-corrected chi connectivity index (χ1v) is 36.1. The summed E-state index contributed by atoms with van der Waals surface area (Å²) in [5, 5.41) is 87.7. The Hall–Kier alpha value is -1.53. The van der Waals surface area contributed by atoms with Gasteiger partial charge in [-0.15, -0.1) is 0 Å². The van der Waals surface area contributed by atoms with E-state index in [1.807, 2.05) is 0 Å². The lowest BCUT2D eigenvalue weighted by Gasteiger charge is -2.46. The van der Waals surface area contributed by atoms with Crippen molar-refractivity contribution in [2.75, 3.05) is 19.8 Å². The zero-order valence-electron chi connectivity index (χ0n) is 54.6. The monoisotopic (exact) mass is 1210 g/mol. The van der Waals surface area contributed by atoms with Crippen molar-refractivity contribution >= 4 is 5.91 Å². The largest absolute Gasteiger partial charge is 0.394 e.